The number of piperidine rings is 1. The highest BCUT2D eigenvalue weighted by atomic mass is 16.5. The maximum Gasteiger partial charge on any atom is 0.328 e. The standard InChI is InChI=1S/C21H28N2O4/c1-2-27-21(26)18(13-15-7-4-3-5-8-15)22-19(24)17-9-6-12-23(14-17)20(25)16-10-11-16/h3-5,7-8,16-18H,2,6,9-14H2,1H3,(H,22,24). The van der Waals surface area contributed by atoms with Gasteiger partial charge in [0.05, 0.1) is 12.5 Å². The molecule has 6 nitrogen and oxygen atoms in total. The molecular formula is C21H28N2O4. The largest absolute Gasteiger partial charge is 0.464 e. The number of benzene rings is 1. The number of amides is 2. The maximum atomic E-state index is 12.8. The molecule has 1 aromatic rings. The van der Waals surface area contributed by atoms with Crippen molar-refractivity contribution in [2.45, 2.75) is 45.1 Å². The summed E-state index contributed by atoms with van der Waals surface area (Å²) in [6, 6.07) is 8.86. The molecule has 2 atom stereocenters. The van der Waals surface area contributed by atoms with E-state index in [1.54, 1.807) is 6.92 Å². The number of nitrogens with one attached hydrogen (secondary N) is 1. The van der Waals surface area contributed by atoms with Crippen molar-refractivity contribution in [2.75, 3.05) is 19.7 Å². The Kier molecular flexibility index (Phi) is 6.48. The molecule has 0 bridgehead atoms. The van der Waals surface area contributed by atoms with E-state index in [1.807, 2.05) is 35.2 Å². The Morgan fingerprint density at radius 3 is 2.56 bits per heavy atom. The van der Waals surface area contributed by atoms with Crippen LogP contribution in [0.2, 0.25) is 0 Å². The lowest BCUT2D eigenvalue weighted by Gasteiger charge is -2.33. The fourth-order valence-electron chi connectivity index (χ4n) is 3.56. The number of hydrogen-bond donors (Lipinski definition) is 1. The van der Waals surface area contributed by atoms with Gasteiger partial charge in [0.2, 0.25) is 11.8 Å². The number of carbonyl (C=O) groups is 3. The van der Waals surface area contributed by atoms with Gasteiger partial charge in [-0.3, -0.25) is 9.59 Å². The Labute approximate surface area is 160 Å². The zero-order valence-corrected chi connectivity index (χ0v) is 15.9. The van der Waals surface area contributed by atoms with Gasteiger partial charge in [-0.05, 0) is 38.2 Å². The Balaban J connectivity index is 1.62. The minimum Gasteiger partial charge on any atom is -0.464 e. The number of nitrogens with zero attached hydrogens (tertiary/aromatic N) is 1. The summed E-state index contributed by atoms with van der Waals surface area (Å²) in [5.41, 5.74) is 0.963. The zero-order chi connectivity index (χ0) is 19.2. The summed E-state index contributed by atoms with van der Waals surface area (Å²) in [6.07, 6.45) is 3.88. The number of likely N-dealkylation sites (tertiary alicyclic amines) is 1. The summed E-state index contributed by atoms with van der Waals surface area (Å²) < 4.78 is 5.15. The molecule has 1 aliphatic heterocycles. The first-order valence-electron chi connectivity index (χ1n) is 9.88. The van der Waals surface area contributed by atoms with E-state index in [1.165, 1.54) is 0 Å². The van der Waals surface area contributed by atoms with E-state index in [4.69, 9.17) is 4.74 Å². The van der Waals surface area contributed by atoms with Crippen LogP contribution in [0.15, 0.2) is 30.3 Å². The predicted octanol–water partition coefficient (Wildman–Crippen LogP) is 1.93. The van der Waals surface area contributed by atoms with Crippen molar-refractivity contribution in [1.82, 2.24) is 10.2 Å². The van der Waals surface area contributed by atoms with Crippen molar-refractivity contribution >= 4 is 17.8 Å². The number of ether oxygens (including phenoxy) is 1. The van der Waals surface area contributed by atoms with Crippen molar-refractivity contribution in [3.63, 3.8) is 0 Å². The number of hydrogen-bond acceptors (Lipinski definition) is 4. The Bertz CT molecular complexity index is 672. The van der Waals surface area contributed by atoms with E-state index in [0.29, 0.717) is 13.0 Å². The summed E-state index contributed by atoms with van der Waals surface area (Å²) in [5.74, 6) is -0.515. The molecule has 27 heavy (non-hydrogen) atoms. The summed E-state index contributed by atoms with van der Waals surface area (Å²) in [6.45, 7) is 3.20. The average Bonchev–Trinajstić information content (AvgIpc) is 3.53. The molecule has 0 aromatic heterocycles. The van der Waals surface area contributed by atoms with Gasteiger partial charge in [-0.15, -0.1) is 0 Å². The van der Waals surface area contributed by atoms with Crippen LogP contribution in [0.5, 0.6) is 0 Å². The number of rotatable bonds is 7. The second kappa shape index (κ2) is 9.02. The molecule has 1 heterocycles. The summed E-state index contributed by atoms with van der Waals surface area (Å²) in [5, 5.41) is 2.87. The van der Waals surface area contributed by atoms with E-state index in [9.17, 15) is 14.4 Å². The van der Waals surface area contributed by atoms with Gasteiger partial charge in [0.1, 0.15) is 6.04 Å². The van der Waals surface area contributed by atoms with Crippen molar-refractivity contribution in [1.29, 1.82) is 0 Å². The minimum atomic E-state index is -0.714. The van der Waals surface area contributed by atoms with E-state index >= 15 is 0 Å². The smallest absolute Gasteiger partial charge is 0.328 e. The molecule has 1 aliphatic carbocycles. The highest BCUT2D eigenvalue weighted by Gasteiger charge is 2.37. The van der Waals surface area contributed by atoms with Gasteiger partial charge in [-0.1, -0.05) is 30.3 Å². The Hall–Kier alpha value is -2.37. The molecule has 0 spiro atoms. The maximum absolute atomic E-state index is 12.8. The Morgan fingerprint density at radius 1 is 1.15 bits per heavy atom. The molecule has 1 N–H and O–H groups in total. The van der Waals surface area contributed by atoms with Crippen LogP contribution in [-0.4, -0.2) is 48.4 Å². The van der Waals surface area contributed by atoms with E-state index in [-0.39, 0.29) is 30.3 Å². The quantitative estimate of drug-likeness (QED) is 0.742. The SMILES string of the molecule is CCOC(=O)C(Cc1ccccc1)NC(=O)C1CCCN(C(=O)C2CC2)C1. The fraction of sp³-hybridized carbons (Fsp3) is 0.571. The highest BCUT2D eigenvalue weighted by Crippen LogP contribution is 2.32. The van der Waals surface area contributed by atoms with Crippen molar-refractivity contribution in [3.05, 3.63) is 35.9 Å². The topological polar surface area (TPSA) is 75.7 Å². The molecule has 3 rings (SSSR count). The van der Waals surface area contributed by atoms with Gasteiger partial charge in [-0.2, -0.15) is 0 Å². The van der Waals surface area contributed by atoms with Gasteiger partial charge in [-0.25, -0.2) is 4.79 Å². The van der Waals surface area contributed by atoms with Gasteiger partial charge in [0, 0.05) is 25.4 Å². The molecule has 0 radical (unpaired) electrons. The number of esters is 1. The van der Waals surface area contributed by atoms with Crippen LogP contribution in [0.3, 0.4) is 0 Å². The van der Waals surface area contributed by atoms with Crippen LogP contribution < -0.4 is 5.32 Å². The van der Waals surface area contributed by atoms with E-state index in [0.717, 1.165) is 37.8 Å². The Morgan fingerprint density at radius 2 is 1.89 bits per heavy atom. The summed E-state index contributed by atoms with van der Waals surface area (Å²) >= 11 is 0. The molecule has 2 unspecified atom stereocenters. The predicted molar refractivity (Wildman–Crippen MR) is 101 cm³/mol. The van der Waals surface area contributed by atoms with Gasteiger partial charge < -0.3 is 15.0 Å². The molecule has 2 aliphatic rings. The first-order valence-corrected chi connectivity index (χ1v) is 9.88. The van der Waals surface area contributed by atoms with Crippen LogP contribution >= 0.6 is 0 Å². The van der Waals surface area contributed by atoms with Crippen LogP contribution in [0.4, 0.5) is 0 Å². The van der Waals surface area contributed by atoms with E-state index in [2.05, 4.69) is 5.32 Å². The normalized spacial score (nSPS) is 20.6. The van der Waals surface area contributed by atoms with Gasteiger partial charge >= 0.3 is 5.97 Å². The minimum absolute atomic E-state index is 0.164. The van der Waals surface area contributed by atoms with Crippen molar-refractivity contribution in [3.8, 4) is 0 Å². The molecule has 2 fully saturated rings. The second-order valence-corrected chi connectivity index (χ2v) is 7.40. The average molecular weight is 372 g/mol. The molecule has 1 aromatic carbocycles. The number of carbonyl (C=O) groups excluding carboxylic acids is 3. The first-order chi connectivity index (χ1) is 13.1. The fourth-order valence-corrected chi connectivity index (χ4v) is 3.56. The van der Waals surface area contributed by atoms with Crippen LogP contribution in [-0.2, 0) is 25.5 Å². The van der Waals surface area contributed by atoms with Gasteiger partial charge in [0.25, 0.3) is 0 Å². The molecule has 1 saturated heterocycles. The molecular weight excluding hydrogens is 344 g/mol. The van der Waals surface area contributed by atoms with Crippen LogP contribution in [0, 0.1) is 11.8 Å². The molecule has 6 heteroatoms. The van der Waals surface area contributed by atoms with Crippen molar-refractivity contribution in [2.24, 2.45) is 11.8 Å². The lowest BCUT2D eigenvalue weighted by atomic mass is 9.95. The van der Waals surface area contributed by atoms with Crippen molar-refractivity contribution < 1.29 is 19.1 Å². The third kappa shape index (κ3) is 5.31. The molecule has 2 amide bonds. The summed E-state index contributed by atoms with van der Waals surface area (Å²) in [4.78, 5) is 39.3. The molecule has 146 valence electrons. The third-order valence-electron chi connectivity index (χ3n) is 5.20. The molecule has 1 saturated carbocycles. The lowest BCUT2D eigenvalue weighted by Crippen LogP contribution is -2.50. The van der Waals surface area contributed by atoms with E-state index < -0.39 is 12.0 Å². The van der Waals surface area contributed by atoms with Crippen LogP contribution in [0.25, 0.3) is 0 Å². The van der Waals surface area contributed by atoms with Crippen LogP contribution in [0.1, 0.15) is 38.2 Å². The zero-order valence-electron chi connectivity index (χ0n) is 15.9. The summed E-state index contributed by atoms with van der Waals surface area (Å²) in [7, 11) is 0. The first kappa shape index (κ1) is 19.4. The lowest BCUT2D eigenvalue weighted by molar-refractivity contribution is -0.148. The second-order valence-electron chi connectivity index (χ2n) is 7.40. The monoisotopic (exact) mass is 372 g/mol. The highest BCUT2D eigenvalue weighted by molar-refractivity contribution is 5.87. The third-order valence-corrected chi connectivity index (χ3v) is 5.20. The van der Waals surface area contributed by atoms with Gasteiger partial charge in [0.15, 0.2) is 0 Å².